The molecule has 6 heteroatoms. The van der Waals surface area contributed by atoms with Crippen LogP contribution in [0.25, 0.3) is 0 Å². The lowest BCUT2D eigenvalue weighted by molar-refractivity contribution is 0.315. The van der Waals surface area contributed by atoms with E-state index in [1.165, 1.54) is 0 Å². The van der Waals surface area contributed by atoms with Gasteiger partial charge in [0, 0.05) is 12.2 Å². The molecule has 2 rings (SSSR count). The van der Waals surface area contributed by atoms with E-state index in [9.17, 15) is 8.42 Å². The minimum absolute atomic E-state index is 0.0202. The van der Waals surface area contributed by atoms with Crippen molar-refractivity contribution in [2.45, 2.75) is 25.8 Å². The van der Waals surface area contributed by atoms with E-state index in [1.54, 1.807) is 12.4 Å². The van der Waals surface area contributed by atoms with E-state index in [0.717, 1.165) is 12.0 Å². The summed E-state index contributed by atoms with van der Waals surface area (Å²) < 4.78 is 28.5. The third-order valence-electron chi connectivity index (χ3n) is 3.37. The van der Waals surface area contributed by atoms with Crippen molar-refractivity contribution in [2.75, 3.05) is 18.1 Å². The van der Waals surface area contributed by atoms with Crippen molar-refractivity contribution in [3.05, 3.63) is 24.0 Å². The molecular formula is C13H20N2O3S. The van der Waals surface area contributed by atoms with Gasteiger partial charge in [0.25, 0.3) is 0 Å². The minimum Gasteiger partial charge on any atom is -0.492 e. The van der Waals surface area contributed by atoms with Gasteiger partial charge in [-0.2, -0.15) is 0 Å². The van der Waals surface area contributed by atoms with Crippen molar-refractivity contribution in [1.82, 2.24) is 4.98 Å². The van der Waals surface area contributed by atoms with E-state index in [-0.39, 0.29) is 23.5 Å². The highest BCUT2D eigenvalue weighted by molar-refractivity contribution is 7.91. The van der Waals surface area contributed by atoms with Gasteiger partial charge in [-0.1, -0.05) is 6.92 Å². The molecule has 1 saturated heterocycles. The molecule has 1 aromatic heterocycles. The molecule has 2 atom stereocenters. The number of sulfone groups is 1. The zero-order valence-corrected chi connectivity index (χ0v) is 11.9. The summed E-state index contributed by atoms with van der Waals surface area (Å²) in [4.78, 5) is 4.11. The van der Waals surface area contributed by atoms with Crippen molar-refractivity contribution in [3.63, 3.8) is 0 Å². The van der Waals surface area contributed by atoms with Gasteiger partial charge in [-0.3, -0.25) is 4.98 Å². The number of rotatable bonds is 5. The van der Waals surface area contributed by atoms with Crippen LogP contribution in [0.1, 0.15) is 31.4 Å². The smallest absolute Gasteiger partial charge is 0.150 e. The van der Waals surface area contributed by atoms with Crippen LogP contribution in [0, 0.1) is 5.92 Å². The van der Waals surface area contributed by atoms with E-state index in [2.05, 4.69) is 4.98 Å². The Hall–Kier alpha value is -1.14. The van der Waals surface area contributed by atoms with Gasteiger partial charge in [-0.05, 0) is 30.4 Å². The lowest BCUT2D eigenvalue weighted by atomic mass is 9.94. The topological polar surface area (TPSA) is 82.3 Å². The van der Waals surface area contributed by atoms with Gasteiger partial charge in [0.05, 0.1) is 24.3 Å². The fourth-order valence-corrected chi connectivity index (χ4v) is 4.15. The number of nitrogens with zero attached hydrogens (tertiary/aromatic N) is 1. The summed E-state index contributed by atoms with van der Waals surface area (Å²) in [6.07, 6.45) is 4.90. The number of pyridine rings is 1. The minimum atomic E-state index is -2.90. The van der Waals surface area contributed by atoms with E-state index in [4.69, 9.17) is 10.5 Å². The van der Waals surface area contributed by atoms with Crippen LogP contribution in [0.15, 0.2) is 18.5 Å². The maximum Gasteiger partial charge on any atom is 0.150 e. The van der Waals surface area contributed by atoms with Crippen LogP contribution in [0.5, 0.6) is 5.75 Å². The summed E-state index contributed by atoms with van der Waals surface area (Å²) in [5, 5.41) is 0. The Labute approximate surface area is 114 Å². The lowest BCUT2D eigenvalue weighted by Gasteiger charge is -2.18. The van der Waals surface area contributed by atoms with Gasteiger partial charge in [-0.15, -0.1) is 0 Å². The van der Waals surface area contributed by atoms with Crippen LogP contribution in [0.3, 0.4) is 0 Å². The van der Waals surface area contributed by atoms with Crippen LogP contribution >= 0.6 is 0 Å². The molecule has 1 aliphatic rings. The molecular weight excluding hydrogens is 264 g/mol. The predicted octanol–water partition coefficient (Wildman–Crippen LogP) is 1.30. The Bertz CT molecular complexity index is 530. The molecule has 2 heterocycles. The van der Waals surface area contributed by atoms with Gasteiger partial charge in [0.2, 0.25) is 0 Å². The Morgan fingerprint density at radius 3 is 2.95 bits per heavy atom. The van der Waals surface area contributed by atoms with Crippen LogP contribution in [-0.2, 0) is 9.84 Å². The van der Waals surface area contributed by atoms with Crippen molar-refractivity contribution < 1.29 is 13.2 Å². The molecule has 1 aliphatic heterocycles. The monoisotopic (exact) mass is 284 g/mol. The Kier molecular flexibility index (Phi) is 4.42. The molecule has 5 nitrogen and oxygen atoms in total. The van der Waals surface area contributed by atoms with Crippen LogP contribution in [0.4, 0.5) is 0 Å². The quantitative estimate of drug-likeness (QED) is 0.881. The summed E-state index contributed by atoms with van der Waals surface area (Å²) in [7, 11) is -2.90. The molecule has 0 aliphatic carbocycles. The summed E-state index contributed by atoms with van der Waals surface area (Å²) in [5.74, 6) is 1.09. The molecule has 106 valence electrons. The van der Waals surface area contributed by atoms with Crippen molar-refractivity contribution in [2.24, 2.45) is 11.7 Å². The SMILES string of the molecule is CCCOc1cncc(C(N)C2CCS(=O)(=O)C2)c1. The normalized spacial score (nSPS) is 23.2. The molecule has 0 bridgehead atoms. The first-order chi connectivity index (χ1) is 9.02. The maximum absolute atomic E-state index is 11.5. The summed E-state index contributed by atoms with van der Waals surface area (Å²) in [5.41, 5.74) is 7.00. The Balaban J connectivity index is 2.08. The highest BCUT2D eigenvalue weighted by Crippen LogP contribution is 2.30. The fraction of sp³-hybridized carbons (Fsp3) is 0.615. The predicted molar refractivity (Wildman–Crippen MR) is 73.7 cm³/mol. The molecule has 0 radical (unpaired) electrons. The largest absolute Gasteiger partial charge is 0.492 e. The Morgan fingerprint density at radius 2 is 2.32 bits per heavy atom. The zero-order valence-electron chi connectivity index (χ0n) is 11.1. The van der Waals surface area contributed by atoms with Gasteiger partial charge < -0.3 is 10.5 Å². The number of hydrogen-bond donors (Lipinski definition) is 1. The second-order valence-corrected chi connectivity index (χ2v) is 7.22. The molecule has 0 saturated carbocycles. The van der Waals surface area contributed by atoms with E-state index < -0.39 is 9.84 Å². The molecule has 0 amide bonds. The summed E-state index contributed by atoms with van der Waals surface area (Å²) >= 11 is 0. The molecule has 1 aromatic rings. The van der Waals surface area contributed by atoms with Crippen molar-refractivity contribution in [3.8, 4) is 5.75 Å². The maximum atomic E-state index is 11.5. The van der Waals surface area contributed by atoms with Gasteiger partial charge in [0.15, 0.2) is 9.84 Å². The number of hydrogen-bond acceptors (Lipinski definition) is 5. The third-order valence-corrected chi connectivity index (χ3v) is 5.16. The lowest BCUT2D eigenvalue weighted by Crippen LogP contribution is -2.22. The fourth-order valence-electron chi connectivity index (χ4n) is 2.30. The first kappa shape index (κ1) is 14.3. The molecule has 0 aromatic carbocycles. The second-order valence-electron chi connectivity index (χ2n) is 4.99. The second kappa shape index (κ2) is 5.88. The van der Waals surface area contributed by atoms with Gasteiger partial charge >= 0.3 is 0 Å². The van der Waals surface area contributed by atoms with E-state index in [1.807, 2.05) is 13.0 Å². The number of ether oxygens (including phenoxy) is 1. The van der Waals surface area contributed by atoms with E-state index in [0.29, 0.717) is 18.8 Å². The molecule has 2 unspecified atom stereocenters. The first-order valence-electron chi connectivity index (χ1n) is 6.55. The standard InChI is InChI=1S/C13H20N2O3S/c1-2-4-18-12-6-11(7-15-8-12)13(14)10-3-5-19(16,17)9-10/h6-8,10,13H,2-5,9,14H2,1H3. The van der Waals surface area contributed by atoms with Gasteiger partial charge in [0.1, 0.15) is 5.75 Å². The van der Waals surface area contributed by atoms with Crippen LogP contribution in [0.2, 0.25) is 0 Å². The van der Waals surface area contributed by atoms with Crippen molar-refractivity contribution in [1.29, 1.82) is 0 Å². The van der Waals surface area contributed by atoms with E-state index >= 15 is 0 Å². The number of nitrogens with two attached hydrogens (primary N) is 1. The molecule has 19 heavy (non-hydrogen) atoms. The van der Waals surface area contributed by atoms with Crippen LogP contribution in [-0.4, -0.2) is 31.5 Å². The molecule has 2 N–H and O–H groups in total. The zero-order chi connectivity index (χ0) is 13.9. The average molecular weight is 284 g/mol. The summed E-state index contributed by atoms with van der Waals surface area (Å²) in [6, 6.07) is 1.56. The third kappa shape index (κ3) is 3.67. The number of aromatic nitrogens is 1. The molecule has 1 fully saturated rings. The van der Waals surface area contributed by atoms with Crippen molar-refractivity contribution >= 4 is 9.84 Å². The van der Waals surface area contributed by atoms with Gasteiger partial charge in [-0.25, -0.2) is 8.42 Å². The molecule has 0 spiro atoms. The average Bonchev–Trinajstić information content (AvgIpc) is 2.76. The Morgan fingerprint density at radius 1 is 1.53 bits per heavy atom. The highest BCUT2D eigenvalue weighted by atomic mass is 32.2. The van der Waals surface area contributed by atoms with Crippen LogP contribution < -0.4 is 10.5 Å². The first-order valence-corrected chi connectivity index (χ1v) is 8.37. The summed E-state index contributed by atoms with van der Waals surface area (Å²) in [6.45, 7) is 2.67. The highest BCUT2D eigenvalue weighted by Gasteiger charge is 2.32.